The zero-order valence-electron chi connectivity index (χ0n) is 6.63. The molecule has 0 fully saturated rings. The largest absolute Gasteiger partial charge is 0.461 e. The minimum atomic E-state index is 0.00255. The molecule has 59 valence electrons. The summed E-state index contributed by atoms with van der Waals surface area (Å²) < 4.78 is 5.31. The van der Waals surface area contributed by atoms with Crippen LogP contribution in [0.4, 0.5) is 0 Å². The van der Waals surface area contributed by atoms with E-state index in [1.807, 2.05) is 0 Å². The molecule has 1 aromatic carbocycles. The third kappa shape index (κ3) is 1.01. The highest BCUT2D eigenvalue weighted by Crippen LogP contribution is 2.09. The van der Waals surface area contributed by atoms with Gasteiger partial charge < -0.3 is 4.42 Å². The van der Waals surface area contributed by atoms with Crippen molar-refractivity contribution in [3.63, 3.8) is 0 Å². The van der Waals surface area contributed by atoms with Gasteiger partial charge in [0.05, 0.1) is 5.39 Å². The van der Waals surface area contributed by atoms with Crippen molar-refractivity contribution in [3.05, 3.63) is 46.3 Å². The summed E-state index contributed by atoms with van der Waals surface area (Å²) in [7, 11) is 0. The van der Waals surface area contributed by atoms with E-state index in [1.165, 1.54) is 6.07 Å². The second-order valence-corrected chi connectivity index (χ2v) is 2.64. The Bertz CT molecular complexity index is 468. The van der Waals surface area contributed by atoms with E-state index in [4.69, 9.17) is 4.42 Å². The van der Waals surface area contributed by atoms with E-state index in [0.717, 1.165) is 0 Å². The smallest absolute Gasteiger partial charge is 0.192 e. The van der Waals surface area contributed by atoms with Gasteiger partial charge in [-0.25, -0.2) is 0 Å². The highest BCUT2D eigenvalue weighted by molar-refractivity contribution is 5.75. The number of hydrogen-bond acceptors (Lipinski definition) is 2. The Morgan fingerprint density at radius 3 is 3.17 bits per heavy atom. The maximum Gasteiger partial charge on any atom is 0.192 e. The van der Waals surface area contributed by atoms with Gasteiger partial charge in [-0.05, 0) is 25.1 Å². The Morgan fingerprint density at radius 2 is 2.33 bits per heavy atom. The fourth-order valence-electron chi connectivity index (χ4n) is 1.17. The molecule has 1 heterocycles. The van der Waals surface area contributed by atoms with Gasteiger partial charge in [0, 0.05) is 6.07 Å². The minimum Gasteiger partial charge on any atom is -0.461 e. The Hall–Kier alpha value is -1.57. The summed E-state index contributed by atoms with van der Waals surface area (Å²) in [6, 6.07) is 9.43. The predicted octanol–water partition coefficient (Wildman–Crippen LogP) is 1.90. The fourth-order valence-corrected chi connectivity index (χ4v) is 1.17. The van der Waals surface area contributed by atoms with Gasteiger partial charge in [0.1, 0.15) is 11.3 Å². The zero-order valence-corrected chi connectivity index (χ0v) is 6.63. The third-order valence-corrected chi connectivity index (χ3v) is 1.70. The molecule has 1 radical (unpaired) electrons. The van der Waals surface area contributed by atoms with Gasteiger partial charge in [0.2, 0.25) is 0 Å². The van der Waals surface area contributed by atoms with Crippen LogP contribution in [0, 0.1) is 13.0 Å². The van der Waals surface area contributed by atoms with Crippen LogP contribution in [0.2, 0.25) is 0 Å². The normalized spacial score (nSPS) is 10.4. The summed E-state index contributed by atoms with van der Waals surface area (Å²) in [4.78, 5) is 11.3. The fraction of sp³-hybridized carbons (Fsp3) is 0.100. The van der Waals surface area contributed by atoms with Crippen LogP contribution in [-0.2, 0) is 0 Å². The second kappa shape index (κ2) is 2.48. The third-order valence-electron chi connectivity index (χ3n) is 1.70. The number of fused-ring (bicyclic) bond motifs is 1. The molecule has 0 spiro atoms. The van der Waals surface area contributed by atoms with E-state index >= 15 is 0 Å². The molecule has 0 atom stereocenters. The summed E-state index contributed by atoms with van der Waals surface area (Å²) in [5, 5.41) is 0.611. The van der Waals surface area contributed by atoms with Crippen LogP contribution < -0.4 is 5.43 Å². The Kier molecular flexibility index (Phi) is 1.47. The van der Waals surface area contributed by atoms with Crippen molar-refractivity contribution >= 4 is 11.0 Å². The summed E-state index contributed by atoms with van der Waals surface area (Å²) in [6.07, 6.45) is 0. The molecule has 0 aliphatic heterocycles. The van der Waals surface area contributed by atoms with E-state index in [1.54, 1.807) is 25.1 Å². The minimum absolute atomic E-state index is 0.00255. The van der Waals surface area contributed by atoms with Gasteiger partial charge in [0.25, 0.3) is 0 Å². The highest BCUT2D eigenvalue weighted by Gasteiger charge is 1.99. The van der Waals surface area contributed by atoms with Crippen molar-refractivity contribution in [1.82, 2.24) is 0 Å². The first-order valence-electron chi connectivity index (χ1n) is 3.68. The van der Waals surface area contributed by atoms with Crippen LogP contribution in [-0.4, -0.2) is 0 Å². The lowest BCUT2D eigenvalue weighted by atomic mass is 10.2. The van der Waals surface area contributed by atoms with Crippen molar-refractivity contribution < 1.29 is 4.42 Å². The van der Waals surface area contributed by atoms with Crippen molar-refractivity contribution in [2.45, 2.75) is 6.92 Å². The Balaban J connectivity index is 2.99. The highest BCUT2D eigenvalue weighted by atomic mass is 16.3. The van der Waals surface area contributed by atoms with E-state index in [9.17, 15) is 4.79 Å². The molecule has 2 rings (SSSR count). The van der Waals surface area contributed by atoms with Crippen LogP contribution in [0.15, 0.2) is 33.5 Å². The quantitative estimate of drug-likeness (QED) is 0.587. The van der Waals surface area contributed by atoms with Crippen molar-refractivity contribution in [1.29, 1.82) is 0 Å². The van der Waals surface area contributed by atoms with Crippen molar-refractivity contribution in [2.24, 2.45) is 0 Å². The predicted molar refractivity (Wildman–Crippen MR) is 46.1 cm³/mol. The van der Waals surface area contributed by atoms with Crippen molar-refractivity contribution in [3.8, 4) is 0 Å². The summed E-state index contributed by atoms with van der Waals surface area (Å²) in [5.41, 5.74) is 0.602. The first kappa shape index (κ1) is 7.10. The van der Waals surface area contributed by atoms with Crippen LogP contribution in [0.25, 0.3) is 11.0 Å². The Labute approximate surface area is 69.4 Å². The molecule has 2 heteroatoms. The molecule has 0 unspecified atom stereocenters. The Morgan fingerprint density at radius 1 is 1.50 bits per heavy atom. The molecule has 0 bridgehead atoms. The molecular weight excluding hydrogens is 152 g/mol. The van der Waals surface area contributed by atoms with Gasteiger partial charge in [-0.1, -0.05) is 6.07 Å². The van der Waals surface area contributed by atoms with Gasteiger partial charge in [-0.3, -0.25) is 4.79 Å². The molecule has 1 aromatic heterocycles. The first-order valence-corrected chi connectivity index (χ1v) is 3.68. The molecule has 12 heavy (non-hydrogen) atoms. The van der Waals surface area contributed by atoms with Crippen LogP contribution in [0.1, 0.15) is 5.76 Å². The molecular formula is C10H7O2. The molecule has 0 saturated carbocycles. The standard InChI is InChI=1S/C10H7O2/c1-7-6-9(11)8-4-2-3-5-10(8)12-7/h2,4-6H,1H3. The SMILES string of the molecule is Cc1cc(=O)c2cc[c]cc2o1. The molecule has 0 N–H and O–H groups in total. The number of hydrogen-bond donors (Lipinski definition) is 0. The van der Waals surface area contributed by atoms with Gasteiger partial charge >= 0.3 is 0 Å². The average Bonchev–Trinajstić information content (AvgIpc) is 2.04. The van der Waals surface area contributed by atoms with E-state index in [-0.39, 0.29) is 5.43 Å². The summed E-state index contributed by atoms with van der Waals surface area (Å²) in [6.45, 7) is 1.76. The molecule has 0 aliphatic rings. The monoisotopic (exact) mass is 159 g/mol. The zero-order chi connectivity index (χ0) is 8.55. The van der Waals surface area contributed by atoms with E-state index < -0.39 is 0 Å². The molecule has 2 aromatic rings. The maximum atomic E-state index is 11.3. The molecule has 2 nitrogen and oxygen atoms in total. The second-order valence-electron chi connectivity index (χ2n) is 2.64. The lowest BCUT2D eigenvalue weighted by molar-refractivity contribution is 0.564. The average molecular weight is 159 g/mol. The van der Waals surface area contributed by atoms with E-state index in [0.29, 0.717) is 16.7 Å². The lowest BCUT2D eigenvalue weighted by Crippen LogP contribution is -1.99. The van der Waals surface area contributed by atoms with Crippen LogP contribution in [0.5, 0.6) is 0 Å². The van der Waals surface area contributed by atoms with E-state index in [2.05, 4.69) is 6.07 Å². The summed E-state index contributed by atoms with van der Waals surface area (Å²) in [5.74, 6) is 0.632. The van der Waals surface area contributed by atoms with Crippen LogP contribution in [0.3, 0.4) is 0 Å². The summed E-state index contributed by atoms with van der Waals surface area (Å²) >= 11 is 0. The van der Waals surface area contributed by atoms with Crippen LogP contribution >= 0.6 is 0 Å². The molecule has 0 aliphatic carbocycles. The number of benzene rings is 1. The van der Waals surface area contributed by atoms with Gasteiger partial charge in [-0.15, -0.1) is 0 Å². The van der Waals surface area contributed by atoms with Crippen molar-refractivity contribution in [2.75, 3.05) is 0 Å². The number of rotatable bonds is 0. The molecule has 0 saturated heterocycles. The maximum absolute atomic E-state index is 11.3. The lowest BCUT2D eigenvalue weighted by Gasteiger charge is -1.95. The topological polar surface area (TPSA) is 30.2 Å². The van der Waals surface area contributed by atoms with Gasteiger partial charge in [-0.2, -0.15) is 0 Å². The number of aryl methyl sites for hydroxylation is 1. The first-order chi connectivity index (χ1) is 5.77. The van der Waals surface area contributed by atoms with Gasteiger partial charge in [0.15, 0.2) is 5.43 Å². The molecule has 0 amide bonds.